The van der Waals surface area contributed by atoms with Gasteiger partial charge in [0, 0.05) is 28.4 Å². The van der Waals surface area contributed by atoms with E-state index in [0.29, 0.717) is 5.69 Å². The van der Waals surface area contributed by atoms with Gasteiger partial charge in [0.15, 0.2) is 0 Å². The van der Waals surface area contributed by atoms with Gasteiger partial charge in [-0.05, 0) is 36.4 Å². The summed E-state index contributed by atoms with van der Waals surface area (Å²) < 4.78 is 26.7. The number of halogens is 3. The Hall–Kier alpha value is -2.14. The lowest BCUT2D eigenvalue weighted by Gasteiger charge is -2.09. The standard InChI is InChI=1S/C14H11ClF2N2O/c15-10-4-11(16)6-12(5-10)19-7-9-3-8(14(18)20)1-2-13(9)17/h1-6,19H,7H2,(H2,18,20). The van der Waals surface area contributed by atoms with Gasteiger partial charge >= 0.3 is 0 Å². The number of amides is 1. The average molecular weight is 297 g/mol. The normalized spacial score (nSPS) is 10.3. The van der Waals surface area contributed by atoms with Gasteiger partial charge in [0.05, 0.1) is 0 Å². The van der Waals surface area contributed by atoms with E-state index in [4.69, 9.17) is 17.3 Å². The van der Waals surface area contributed by atoms with Crippen molar-refractivity contribution in [1.29, 1.82) is 0 Å². The van der Waals surface area contributed by atoms with E-state index >= 15 is 0 Å². The zero-order valence-corrected chi connectivity index (χ0v) is 11.0. The van der Waals surface area contributed by atoms with Crippen LogP contribution < -0.4 is 11.1 Å². The molecule has 0 heterocycles. The Morgan fingerprint density at radius 3 is 2.60 bits per heavy atom. The number of hydrogen-bond donors (Lipinski definition) is 2. The zero-order chi connectivity index (χ0) is 14.7. The van der Waals surface area contributed by atoms with Crippen molar-refractivity contribution >= 4 is 23.2 Å². The van der Waals surface area contributed by atoms with E-state index < -0.39 is 17.5 Å². The minimum absolute atomic E-state index is 0.0761. The molecule has 0 aromatic heterocycles. The highest BCUT2D eigenvalue weighted by Gasteiger charge is 2.07. The van der Waals surface area contributed by atoms with E-state index in [1.807, 2.05) is 0 Å². The second-order valence-corrected chi connectivity index (χ2v) is 4.62. The molecular formula is C14H11ClF2N2O. The first-order chi connectivity index (χ1) is 9.45. The molecule has 0 aliphatic carbocycles. The largest absolute Gasteiger partial charge is 0.381 e. The molecule has 0 aliphatic rings. The number of carbonyl (C=O) groups is 1. The van der Waals surface area contributed by atoms with Crippen LogP contribution >= 0.6 is 11.6 Å². The number of anilines is 1. The topological polar surface area (TPSA) is 55.1 Å². The minimum atomic E-state index is -0.639. The van der Waals surface area contributed by atoms with Crippen molar-refractivity contribution in [2.75, 3.05) is 5.32 Å². The fourth-order valence-corrected chi connectivity index (χ4v) is 1.94. The van der Waals surface area contributed by atoms with Crippen molar-refractivity contribution in [2.45, 2.75) is 6.54 Å². The predicted octanol–water partition coefficient (Wildman–Crippen LogP) is 3.33. The van der Waals surface area contributed by atoms with E-state index in [0.717, 1.165) is 6.07 Å². The molecule has 0 saturated heterocycles. The van der Waals surface area contributed by atoms with Crippen molar-refractivity contribution in [3.63, 3.8) is 0 Å². The molecule has 0 radical (unpaired) electrons. The average Bonchev–Trinajstić information content (AvgIpc) is 2.36. The quantitative estimate of drug-likeness (QED) is 0.909. The van der Waals surface area contributed by atoms with Gasteiger partial charge in [-0.2, -0.15) is 0 Å². The second-order valence-electron chi connectivity index (χ2n) is 4.18. The first-order valence-electron chi connectivity index (χ1n) is 5.74. The van der Waals surface area contributed by atoms with Crippen LogP contribution in [0.4, 0.5) is 14.5 Å². The number of carbonyl (C=O) groups excluding carboxylic acids is 1. The molecule has 2 aromatic rings. The monoisotopic (exact) mass is 296 g/mol. The molecule has 6 heteroatoms. The van der Waals surface area contributed by atoms with E-state index in [9.17, 15) is 13.6 Å². The number of primary amides is 1. The highest BCUT2D eigenvalue weighted by molar-refractivity contribution is 6.30. The molecular weight excluding hydrogens is 286 g/mol. The summed E-state index contributed by atoms with van der Waals surface area (Å²) in [5.74, 6) is -1.61. The van der Waals surface area contributed by atoms with Gasteiger partial charge in [0.25, 0.3) is 0 Å². The third kappa shape index (κ3) is 3.45. The highest BCUT2D eigenvalue weighted by Crippen LogP contribution is 2.19. The molecule has 1 amide bonds. The molecule has 2 aromatic carbocycles. The first-order valence-corrected chi connectivity index (χ1v) is 6.11. The number of nitrogens with one attached hydrogen (secondary N) is 1. The fraction of sp³-hybridized carbons (Fsp3) is 0.0714. The van der Waals surface area contributed by atoms with Crippen molar-refractivity contribution in [3.8, 4) is 0 Å². The minimum Gasteiger partial charge on any atom is -0.381 e. The van der Waals surface area contributed by atoms with E-state index in [-0.39, 0.29) is 22.7 Å². The van der Waals surface area contributed by atoms with Gasteiger partial charge in [0.2, 0.25) is 5.91 Å². The van der Waals surface area contributed by atoms with E-state index in [2.05, 4.69) is 5.32 Å². The van der Waals surface area contributed by atoms with Crippen LogP contribution in [0.1, 0.15) is 15.9 Å². The van der Waals surface area contributed by atoms with E-state index in [1.54, 1.807) is 0 Å². The molecule has 3 N–H and O–H groups in total. The van der Waals surface area contributed by atoms with Crippen LogP contribution in [0, 0.1) is 11.6 Å². The van der Waals surface area contributed by atoms with Crippen molar-refractivity contribution in [3.05, 3.63) is 64.2 Å². The van der Waals surface area contributed by atoms with Gasteiger partial charge in [-0.25, -0.2) is 8.78 Å². The Kier molecular flexibility index (Phi) is 4.20. The lowest BCUT2D eigenvalue weighted by molar-refractivity contribution is 0.1000. The van der Waals surface area contributed by atoms with Gasteiger partial charge in [-0.3, -0.25) is 4.79 Å². The number of rotatable bonds is 4. The summed E-state index contributed by atoms with van der Waals surface area (Å²) in [6, 6.07) is 7.74. The molecule has 0 atom stereocenters. The number of nitrogens with two attached hydrogens (primary N) is 1. The Bertz CT molecular complexity index is 641. The van der Waals surface area contributed by atoms with Crippen LogP contribution in [0.2, 0.25) is 5.02 Å². The van der Waals surface area contributed by atoms with Gasteiger partial charge < -0.3 is 11.1 Å². The molecule has 20 heavy (non-hydrogen) atoms. The Labute approximate surface area is 119 Å². The predicted molar refractivity (Wildman–Crippen MR) is 73.7 cm³/mol. The first kappa shape index (κ1) is 14.3. The van der Waals surface area contributed by atoms with E-state index in [1.165, 1.54) is 30.3 Å². The second kappa shape index (κ2) is 5.88. The Morgan fingerprint density at radius 1 is 1.20 bits per heavy atom. The lowest BCUT2D eigenvalue weighted by atomic mass is 10.1. The molecule has 2 rings (SSSR count). The fourth-order valence-electron chi connectivity index (χ4n) is 1.72. The molecule has 0 bridgehead atoms. The molecule has 3 nitrogen and oxygen atoms in total. The summed E-state index contributed by atoms with van der Waals surface area (Å²) in [4.78, 5) is 11.0. The third-order valence-electron chi connectivity index (χ3n) is 2.68. The summed E-state index contributed by atoms with van der Waals surface area (Å²) >= 11 is 5.71. The highest BCUT2D eigenvalue weighted by atomic mass is 35.5. The van der Waals surface area contributed by atoms with Gasteiger partial charge in [-0.1, -0.05) is 11.6 Å². The Balaban J connectivity index is 2.18. The van der Waals surface area contributed by atoms with Crippen LogP contribution in [-0.2, 0) is 6.54 Å². The molecule has 0 spiro atoms. The molecule has 0 aliphatic heterocycles. The number of hydrogen-bond acceptors (Lipinski definition) is 2. The van der Waals surface area contributed by atoms with Gasteiger partial charge in [-0.15, -0.1) is 0 Å². The number of benzene rings is 2. The summed E-state index contributed by atoms with van der Waals surface area (Å²) in [7, 11) is 0. The maximum atomic E-state index is 13.6. The molecule has 0 saturated carbocycles. The van der Waals surface area contributed by atoms with Crippen LogP contribution in [0.5, 0.6) is 0 Å². The summed E-state index contributed by atoms with van der Waals surface area (Å²) in [5.41, 5.74) is 6.01. The Morgan fingerprint density at radius 2 is 1.95 bits per heavy atom. The summed E-state index contributed by atoms with van der Waals surface area (Å²) in [6.07, 6.45) is 0. The SMILES string of the molecule is NC(=O)c1ccc(F)c(CNc2cc(F)cc(Cl)c2)c1. The maximum absolute atomic E-state index is 13.6. The van der Waals surface area contributed by atoms with Crippen molar-refractivity contribution in [1.82, 2.24) is 0 Å². The maximum Gasteiger partial charge on any atom is 0.248 e. The van der Waals surface area contributed by atoms with Crippen LogP contribution in [0.3, 0.4) is 0 Å². The third-order valence-corrected chi connectivity index (χ3v) is 2.89. The summed E-state index contributed by atoms with van der Waals surface area (Å²) in [5, 5.41) is 3.07. The van der Waals surface area contributed by atoms with Crippen LogP contribution in [0.15, 0.2) is 36.4 Å². The molecule has 104 valence electrons. The summed E-state index contributed by atoms with van der Waals surface area (Å²) in [6.45, 7) is 0.0761. The molecule has 0 fully saturated rings. The molecule has 0 unspecified atom stereocenters. The van der Waals surface area contributed by atoms with Crippen LogP contribution in [-0.4, -0.2) is 5.91 Å². The zero-order valence-electron chi connectivity index (χ0n) is 10.3. The lowest BCUT2D eigenvalue weighted by Crippen LogP contribution is -2.12. The van der Waals surface area contributed by atoms with Crippen LogP contribution in [0.25, 0.3) is 0 Å². The van der Waals surface area contributed by atoms with Gasteiger partial charge in [0.1, 0.15) is 11.6 Å². The van der Waals surface area contributed by atoms with Crippen molar-refractivity contribution < 1.29 is 13.6 Å². The smallest absolute Gasteiger partial charge is 0.248 e. The van der Waals surface area contributed by atoms with Crippen molar-refractivity contribution in [2.24, 2.45) is 5.73 Å².